The molecule has 1 unspecified atom stereocenters. The zero-order chi connectivity index (χ0) is 7.84. The van der Waals surface area contributed by atoms with Crippen LogP contribution >= 0.6 is 19.8 Å². The van der Waals surface area contributed by atoms with Crippen molar-refractivity contribution in [2.24, 2.45) is 0 Å². The molecule has 0 aliphatic heterocycles. The fraction of sp³-hybridized carbons (Fsp3) is 0.125. The van der Waals surface area contributed by atoms with Gasteiger partial charge in [0, 0.05) is 11.6 Å². The molecule has 1 nitrogen and oxygen atoms in total. The van der Waals surface area contributed by atoms with Crippen molar-refractivity contribution < 1.29 is 0 Å². The minimum Gasteiger partial charge on any atom is -0.251 e. The van der Waals surface area contributed by atoms with Crippen molar-refractivity contribution in [2.75, 3.05) is 0 Å². The van der Waals surface area contributed by atoms with Crippen LogP contribution in [0, 0.1) is 6.92 Å². The molecule has 11 heavy (non-hydrogen) atoms. The van der Waals surface area contributed by atoms with Gasteiger partial charge in [-0.1, -0.05) is 11.6 Å². The maximum atomic E-state index is 5.78. The summed E-state index contributed by atoms with van der Waals surface area (Å²) < 4.78 is 0. The van der Waals surface area contributed by atoms with E-state index >= 15 is 0 Å². The third kappa shape index (κ3) is 1.26. The average molecular weight is 184 g/mol. The first kappa shape index (κ1) is 7.15. The molecule has 0 saturated heterocycles. The van der Waals surface area contributed by atoms with Crippen LogP contribution in [0.5, 0.6) is 0 Å². The van der Waals surface area contributed by atoms with Gasteiger partial charge in [-0.2, -0.15) is 0 Å². The number of rotatable bonds is 0. The molecule has 3 heteroatoms. The number of halogens is 1. The number of pyridine rings is 1. The number of hydrogen-bond donors (Lipinski definition) is 0. The van der Waals surface area contributed by atoms with Crippen LogP contribution in [-0.2, 0) is 0 Å². The highest BCUT2D eigenvalue weighted by Crippen LogP contribution is 2.28. The molecular formula is C8H7ClNP. The summed E-state index contributed by atoms with van der Waals surface area (Å²) in [6.45, 7) is 2.12. The number of fused-ring (bicyclic) bond motifs is 1. The van der Waals surface area contributed by atoms with Gasteiger partial charge in [-0.05, 0) is 24.4 Å². The Hall–Kier alpha value is -0.520. The first-order valence-electron chi connectivity index (χ1n) is 3.36. The molecular weight excluding hydrogens is 177 g/mol. The van der Waals surface area contributed by atoms with Crippen molar-refractivity contribution >= 4 is 30.4 Å². The largest absolute Gasteiger partial charge is 0.251 e. The van der Waals surface area contributed by atoms with Crippen LogP contribution in [-0.4, -0.2) is 4.98 Å². The second-order valence-electron chi connectivity index (χ2n) is 2.54. The van der Waals surface area contributed by atoms with Gasteiger partial charge in [0.05, 0.1) is 10.3 Å². The zero-order valence-electron chi connectivity index (χ0n) is 6.06. The van der Waals surface area contributed by atoms with E-state index < -0.39 is 0 Å². The average Bonchev–Trinajstić information content (AvgIpc) is 2.27. The monoisotopic (exact) mass is 183 g/mol. The van der Waals surface area contributed by atoms with E-state index in [4.69, 9.17) is 11.6 Å². The topological polar surface area (TPSA) is 12.9 Å². The van der Waals surface area contributed by atoms with Crippen LogP contribution in [0.3, 0.4) is 0 Å². The Morgan fingerprint density at radius 1 is 1.45 bits per heavy atom. The van der Waals surface area contributed by atoms with Gasteiger partial charge in [-0.15, -0.1) is 8.19 Å². The minimum atomic E-state index is 0.722. The number of nitrogens with zero attached hydrogens (tertiary/aromatic N) is 1. The van der Waals surface area contributed by atoms with Crippen molar-refractivity contribution in [1.29, 1.82) is 0 Å². The highest BCUT2D eigenvalue weighted by Gasteiger charge is 1.97. The lowest BCUT2D eigenvalue weighted by Gasteiger charge is -1.88. The predicted molar refractivity (Wildman–Crippen MR) is 51.0 cm³/mol. The lowest BCUT2D eigenvalue weighted by atomic mass is 10.3. The molecule has 0 aromatic carbocycles. The first-order chi connectivity index (χ1) is 5.25. The molecule has 0 aliphatic carbocycles. The Balaban J connectivity index is 2.82. The Morgan fingerprint density at radius 3 is 3.09 bits per heavy atom. The second kappa shape index (κ2) is 2.51. The van der Waals surface area contributed by atoms with E-state index in [2.05, 4.69) is 18.0 Å². The SMILES string of the molecule is Cc1cc2cc(Cl)cnc2[pH]1. The summed E-state index contributed by atoms with van der Waals surface area (Å²) in [5, 5.41) is 4.47. The van der Waals surface area contributed by atoms with Crippen LogP contribution in [0.15, 0.2) is 18.3 Å². The van der Waals surface area contributed by atoms with Crippen molar-refractivity contribution in [1.82, 2.24) is 4.98 Å². The molecule has 2 heterocycles. The highest BCUT2D eigenvalue weighted by molar-refractivity contribution is 7.37. The summed E-state index contributed by atoms with van der Waals surface area (Å²) in [5.74, 6) is 0. The van der Waals surface area contributed by atoms with Gasteiger partial charge >= 0.3 is 0 Å². The molecule has 0 spiro atoms. The molecule has 0 aliphatic rings. The van der Waals surface area contributed by atoms with Crippen LogP contribution < -0.4 is 0 Å². The van der Waals surface area contributed by atoms with Crippen LogP contribution in [0.25, 0.3) is 10.6 Å². The summed E-state index contributed by atoms with van der Waals surface area (Å²) in [4.78, 5) is 4.24. The molecule has 0 fully saturated rings. The second-order valence-corrected chi connectivity index (χ2v) is 4.49. The van der Waals surface area contributed by atoms with Crippen molar-refractivity contribution in [3.63, 3.8) is 0 Å². The molecule has 2 aromatic heterocycles. The Morgan fingerprint density at radius 2 is 2.27 bits per heavy atom. The summed E-state index contributed by atoms with van der Waals surface area (Å²) in [6, 6.07) is 4.11. The quantitative estimate of drug-likeness (QED) is 0.611. The van der Waals surface area contributed by atoms with Gasteiger partial charge < -0.3 is 0 Å². The summed E-state index contributed by atoms with van der Waals surface area (Å²) in [7, 11) is 0.741. The molecule has 2 aromatic rings. The Kier molecular flexibility index (Phi) is 1.63. The van der Waals surface area contributed by atoms with Crippen LogP contribution in [0.4, 0.5) is 0 Å². The van der Waals surface area contributed by atoms with E-state index in [1.165, 1.54) is 15.9 Å². The molecule has 2 rings (SSSR count). The molecule has 0 saturated carbocycles. The van der Waals surface area contributed by atoms with Crippen LogP contribution in [0.2, 0.25) is 5.02 Å². The van der Waals surface area contributed by atoms with E-state index in [1.54, 1.807) is 6.20 Å². The van der Waals surface area contributed by atoms with Crippen LogP contribution in [0.1, 0.15) is 5.30 Å². The third-order valence-corrected chi connectivity index (χ3v) is 2.97. The van der Waals surface area contributed by atoms with Gasteiger partial charge in [0.15, 0.2) is 0 Å². The number of aromatic nitrogens is 1. The third-order valence-electron chi connectivity index (χ3n) is 1.57. The van der Waals surface area contributed by atoms with E-state index in [0.717, 1.165) is 13.2 Å². The molecule has 0 amide bonds. The fourth-order valence-corrected chi connectivity index (χ4v) is 2.31. The zero-order valence-corrected chi connectivity index (χ0v) is 7.81. The van der Waals surface area contributed by atoms with Gasteiger partial charge in [-0.3, -0.25) is 4.98 Å². The lowest BCUT2D eigenvalue weighted by Crippen LogP contribution is -1.68. The molecule has 0 radical (unpaired) electrons. The van der Waals surface area contributed by atoms with Crippen molar-refractivity contribution in [2.45, 2.75) is 6.92 Å². The molecule has 0 N–H and O–H groups in total. The van der Waals surface area contributed by atoms with Crippen molar-refractivity contribution in [3.05, 3.63) is 28.6 Å². The van der Waals surface area contributed by atoms with E-state index in [9.17, 15) is 0 Å². The number of aryl methyl sites for hydroxylation is 1. The number of hydrogen-bond acceptors (Lipinski definition) is 1. The molecule has 0 bridgehead atoms. The predicted octanol–water partition coefficient (Wildman–Crippen LogP) is 3.23. The molecule has 56 valence electrons. The maximum Gasteiger partial charge on any atom is 0.0861 e. The van der Waals surface area contributed by atoms with Gasteiger partial charge in [-0.25, -0.2) is 0 Å². The maximum absolute atomic E-state index is 5.78. The van der Waals surface area contributed by atoms with Gasteiger partial charge in [0.1, 0.15) is 0 Å². The Bertz CT molecular complexity index is 394. The normalized spacial score (nSPS) is 11.5. The van der Waals surface area contributed by atoms with Crippen molar-refractivity contribution in [3.8, 4) is 0 Å². The Labute approximate surface area is 71.5 Å². The summed E-state index contributed by atoms with van der Waals surface area (Å²) >= 11 is 5.78. The smallest absolute Gasteiger partial charge is 0.0861 e. The summed E-state index contributed by atoms with van der Waals surface area (Å²) in [5.41, 5.74) is 0. The van der Waals surface area contributed by atoms with Gasteiger partial charge in [0.2, 0.25) is 0 Å². The fourth-order valence-electron chi connectivity index (χ4n) is 1.13. The van der Waals surface area contributed by atoms with E-state index in [1.807, 2.05) is 6.07 Å². The van der Waals surface area contributed by atoms with E-state index in [0.29, 0.717) is 0 Å². The standard InChI is InChI=1S/C8H7ClNP/c1-5-2-6-3-7(9)4-10-8(6)11-5/h2-4,11H,1H3. The minimum absolute atomic E-state index is 0.722. The van der Waals surface area contributed by atoms with Gasteiger partial charge in [0.25, 0.3) is 0 Å². The lowest BCUT2D eigenvalue weighted by molar-refractivity contribution is 1.45. The summed E-state index contributed by atoms with van der Waals surface area (Å²) in [6.07, 6.45) is 1.71. The first-order valence-corrected chi connectivity index (χ1v) is 4.74. The molecule has 1 atom stereocenters. The highest BCUT2D eigenvalue weighted by atomic mass is 35.5. The van der Waals surface area contributed by atoms with E-state index in [-0.39, 0.29) is 0 Å².